The van der Waals surface area contributed by atoms with Gasteiger partial charge in [0, 0.05) is 17.7 Å². The molecule has 1 N–H and O–H groups in total. The van der Waals surface area contributed by atoms with Gasteiger partial charge in [0.05, 0.1) is 0 Å². The first-order chi connectivity index (χ1) is 10.6. The summed E-state index contributed by atoms with van der Waals surface area (Å²) in [5.74, 6) is -2.13. The van der Waals surface area contributed by atoms with Crippen LogP contribution in [0.25, 0.3) is 0 Å². The Labute approximate surface area is 126 Å². The first-order valence-corrected chi connectivity index (χ1v) is 7.10. The van der Waals surface area contributed by atoms with Crippen molar-refractivity contribution in [1.82, 2.24) is 5.32 Å². The maximum absolute atomic E-state index is 13.3. The summed E-state index contributed by atoms with van der Waals surface area (Å²) in [4.78, 5) is 12.3. The Morgan fingerprint density at radius 2 is 1.82 bits per heavy atom. The Bertz CT molecular complexity index is 672. The van der Waals surface area contributed by atoms with Gasteiger partial charge in [-0.05, 0) is 25.0 Å². The molecule has 22 heavy (non-hydrogen) atoms. The summed E-state index contributed by atoms with van der Waals surface area (Å²) in [6.45, 7) is 0. The van der Waals surface area contributed by atoms with Crippen LogP contribution in [-0.4, -0.2) is 11.9 Å². The van der Waals surface area contributed by atoms with Crippen LogP contribution in [0.5, 0.6) is 5.75 Å². The van der Waals surface area contributed by atoms with E-state index in [9.17, 15) is 13.6 Å². The molecule has 1 aliphatic carbocycles. The van der Waals surface area contributed by atoms with Gasteiger partial charge in [0.1, 0.15) is 5.75 Å². The molecule has 0 spiro atoms. The highest BCUT2D eigenvalue weighted by Gasteiger charge is 2.29. The van der Waals surface area contributed by atoms with Gasteiger partial charge in [-0.15, -0.1) is 0 Å². The van der Waals surface area contributed by atoms with Crippen LogP contribution >= 0.6 is 0 Å². The van der Waals surface area contributed by atoms with Crippen molar-refractivity contribution in [3.63, 3.8) is 0 Å². The van der Waals surface area contributed by atoms with Crippen LogP contribution in [0.15, 0.2) is 48.5 Å². The van der Waals surface area contributed by atoms with Crippen molar-refractivity contribution in [3.05, 3.63) is 65.7 Å². The quantitative estimate of drug-likeness (QED) is 0.920. The second-order valence-corrected chi connectivity index (χ2v) is 5.27. The first kappa shape index (κ1) is 14.5. The Morgan fingerprint density at radius 1 is 1.09 bits per heavy atom. The van der Waals surface area contributed by atoms with Crippen molar-refractivity contribution in [2.24, 2.45) is 0 Å². The molecule has 1 amide bonds. The number of nitrogens with one attached hydrogen (secondary N) is 1. The minimum Gasteiger partial charge on any atom is -0.476 e. The molecule has 0 aliphatic heterocycles. The largest absolute Gasteiger partial charge is 0.476 e. The maximum atomic E-state index is 13.3. The van der Waals surface area contributed by atoms with Crippen LogP contribution in [0.4, 0.5) is 8.78 Å². The number of benzene rings is 2. The Morgan fingerprint density at radius 3 is 2.45 bits per heavy atom. The molecule has 1 aliphatic rings. The molecule has 114 valence electrons. The van der Waals surface area contributed by atoms with Crippen LogP contribution in [0.1, 0.15) is 24.5 Å². The van der Waals surface area contributed by atoms with Gasteiger partial charge in [-0.1, -0.05) is 30.3 Å². The summed E-state index contributed by atoms with van der Waals surface area (Å²) in [7, 11) is 0. The SMILES string of the molecule is O=C(NC1CC1)[C@H](Oc1ccc(F)c(F)c1)c1ccccc1. The van der Waals surface area contributed by atoms with E-state index in [4.69, 9.17) is 4.74 Å². The molecule has 3 rings (SSSR count). The van der Waals surface area contributed by atoms with E-state index >= 15 is 0 Å². The summed E-state index contributed by atoms with van der Waals surface area (Å²) in [6, 6.07) is 12.3. The normalized spacial score (nSPS) is 15.2. The summed E-state index contributed by atoms with van der Waals surface area (Å²) in [5, 5.41) is 2.87. The Kier molecular flexibility index (Phi) is 4.04. The highest BCUT2D eigenvalue weighted by atomic mass is 19.2. The lowest BCUT2D eigenvalue weighted by Crippen LogP contribution is -2.33. The fourth-order valence-corrected chi connectivity index (χ4v) is 2.09. The third-order valence-electron chi connectivity index (χ3n) is 3.41. The van der Waals surface area contributed by atoms with Crippen LogP contribution in [0, 0.1) is 11.6 Å². The fourth-order valence-electron chi connectivity index (χ4n) is 2.09. The minimum absolute atomic E-state index is 0.110. The summed E-state index contributed by atoms with van der Waals surface area (Å²) in [6.07, 6.45) is 1.02. The van der Waals surface area contributed by atoms with E-state index in [2.05, 4.69) is 5.32 Å². The monoisotopic (exact) mass is 303 g/mol. The standard InChI is InChI=1S/C17H15F2NO2/c18-14-9-8-13(10-15(14)19)22-16(11-4-2-1-3-5-11)17(21)20-12-6-7-12/h1-5,8-10,12,16H,6-7H2,(H,20,21)/t16-/m1/s1. The fraction of sp³-hybridized carbons (Fsp3) is 0.235. The molecular weight excluding hydrogens is 288 g/mol. The molecule has 3 nitrogen and oxygen atoms in total. The number of carbonyl (C=O) groups excluding carboxylic acids is 1. The van der Waals surface area contributed by atoms with Crippen LogP contribution in [-0.2, 0) is 4.79 Å². The van der Waals surface area contributed by atoms with Gasteiger partial charge in [0.15, 0.2) is 11.6 Å². The number of halogens is 2. The number of carbonyl (C=O) groups is 1. The Balaban J connectivity index is 1.83. The second kappa shape index (κ2) is 6.13. The van der Waals surface area contributed by atoms with Gasteiger partial charge in [-0.3, -0.25) is 4.79 Å². The van der Waals surface area contributed by atoms with Crippen molar-refractivity contribution in [2.75, 3.05) is 0 Å². The number of amides is 1. The topological polar surface area (TPSA) is 38.3 Å². The number of hydrogen-bond donors (Lipinski definition) is 1. The molecule has 0 heterocycles. The zero-order chi connectivity index (χ0) is 15.5. The number of hydrogen-bond acceptors (Lipinski definition) is 2. The first-order valence-electron chi connectivity index (χ1n) is 7.10. The van der Waals surface area contributed by atoms with Crippen molar-refractivity contribution in [1.29, 1.82) is 0 Å². The molecule has 0 saturated heterocycles. The molecule has 0 radical (unpaired) electrons. The van der Waals surface area contributed by atoms with Crippen LogP contribution < -0.4 is 10.1 Å². The molecule has 0 aromatic heterocycles. The van der Waals surface area contributed by atoms with Crippen LogP contribution in [0.2, 0.25) is 0 Å². The molecule has 2 aromatic carbocycles. The van der Waals surface area contributed by atoms with Crippen LogP contribution in [0.3, 0.4) is 0 Å². The van der Waals surface area contributed by atoms with Crippen molar-refractivity contribution >= 4 is 5.91 Å². The summed E-state index contributed by atoms with van der Waals surface area (Å²) >= 11 is 0. The predicted molar refractivity (Wildman–Crippen MR) is 77.3 cm³/mol. The third kappa shape index (κ3) is 3.42. The van der Waals surface area contributed by atoms with Gasteiger partial charge in [-0.25, -0.2) is 8.78 Å². The average Bonchev–Trinajstić information content (AvgIpc) is 3.33. The molecule has 0 unspecified atom stereocenters. The maximum Gasteiger partial charge on any atom is 0.266 e. The van der Waals surface area contributed by atoms with E-state index in [1.807, 2.05) is 6.07 Å². The van der Waals surface area contributed by atoms with Crippen molar-refractivity contribution in [3.8, 4) is 5.75 Å². The minimum atomic E-state index is -1.01. The van der Waals surface area contributed by atoms with E-state index in [0.717, 1.165) is 25.0 Å². The molecule has 2 aromatic rings. The summed E-state index contributed by atoms with van der Waals surface area (Å²) in [5.41, 5.74) is 0.658. The molecular formula is C17H15F2NO2. The highest BCUT2D eigenvalue weighted by Crippen LogP contribution is 2.26. The van der Waals surface area contributed by atoms with Gasteiger partial charge >= 0.3 is 0 Å². The third-order valence-corrected chi connectivity index (χ3v) is 3.41. The summed E-state index contributed by atoms with van der Waals surface area (Å²) < 4.78 is 31.9. The number of ether oxygens (including phenoxy) is 1. The van der Waals surface area contributed by atoms with Gasteiger partial charge in [-0.2, -0.15) is 0 Å². The smallest absolute Gasteiger partial charge is 0.266 e. The van der Waals surface area contributed by atoms with Gasteiger partial charge < -0.3 is 10.1 Å². The zero-order valence-electron chi connectivity index (χ0n) is 11.8. The number of rotatable bonds is 5. The lowest BCUT2D eigenvalue weighted by Gasteiger charge is -2.19. The predicted octanol–water partition coefficient (Wildman–Crippen LogP) is 3.36. The Hall–Kier alpha value is -2.43. The molecule has 5 heteroatoms. The van der Waals surface area contributed by atoms with Gasteiger partial charge in [0.2, 0.25) is 6.10 Å². The van der Waals surface area contributed by atoms with Gasteiger partial charge in [0.25, 0.3) is 5.91 Å². The lowest BCUT2D eigenvalue weighted by atomic mass is 10.1. The molecule has 1 fully saturated rings. The van der Waals surface area contributed by atoms with E-state index in [1.165, 1.54) is 6.07 Å². The molecule has 0 bridgehead atoms. The highest BCUT2D eigenvalue weighted by molar-refractivity contribution is 5.83. The van der Waals surface area contributed by atoms with E-state index < -0.39 is 17.7 Å². The van der Waals surface area contributed by atoms with E-state index in [-0.39, 0.29) is 17.7 Å². The zero-order valence-corrected chi connectivity index (χ0v) is 11.8. The molecule has 1 atom stereocenters. The van der Waals surface area contributed by atoms with E-state index in [1.54, 1.807) is 24.3 Å². The van der Waals surface area contributed by atoms with Crippen molar-refractivity contribution in [2.45, 2.75) is 25.0 Å². The second-order valence-electron chi connectivity index (χ2n) is 5.27. The van der Waals surface area contributed by atoms with E-state index in [0.29, 0.717) is 5.56 Å². The van der Waals surface area contributed by atoms with Crippen molar-refractivity contribution < 1.29 is 18.3 Å². The lowest BCUT2D eigenvalue weighted by molar-refractivity contribution is -0.128. The average molecular weight is 303 g/mol. The molecule has 1 saturated carbocycles.